The predicted octanol–water partition coefficient (Wildman–Crippen LogP) is 5.00. The van der Waals surface area contributed by atoms with E-state index in [-0.39, 0.29) is 43.0 Å². The number of nitrogens with one attached hydrogen (secondary N) is 1. The molecule has 51 heavy (non-hydrogen) atoms. The third kappa shape index (κ3) is 13.4. The summed E-state index contributed by atoms with van der Waals surface area (Å²) in [6.45, 7) is 4.81. The number of nitrogens with two attached hydrogens (primary N) is 1. The first-order valence-corrected chi connectivity index (χ1v) is 20.1. The van der Waals surface area contributed by atoms with Gasteiger partial charge in [0.1, 0.15) is 6.10 Å². The van der Waals surface area contributed by atoms with Crippen LogP contribution in [0, 0.1) is 23.7 Å². The van der Waals surface area contributed by atoms with Crippen molar-refractivity contribution < 1.29 is 24.6 Å². The second-order valence-corrected chi connectivity index (χ2v) is 16.3. The van der Waals surface area contributed by atoms with Crippen LogP contribution in [0.2, 0.25) is 0 Å². The average Bonchev–Trinajstić information content (AvgIpc) is 3.55. The van der Waals surface area contributed by atoms with Gasteiger partial charge in [0.2, 0.25) is 17.7 Å². The zero-order valence-corrected chi connectivity index (χ0v) is 31.9. The van der Waals surface area contributed by atoms with Crippen LogP contribution in [0.5, 0.6) is 0 Å². The van der Waals surface area contributed by atoms with E-state index < -0.39 is 30.1 Å². The molecule has 2 aromatic rings. The normalized spacial score (nSPS) is 18.2. The molecule has 4 rings (SSSR count). The van der Waals surface area contributed by atoms with Crippen molar-refractivity contribution in [3.05, 3.63) is 41.2 Å². The van der Waals surface area contributed by atoms with Crippen molar-refractivity contribution in [1.29, 1.82) is 0 Å². The molecule has 0 aliphatic heterocycles. The van der Waals surface area contributed by atoms with E-state index in [2.05, 4.69) is 15.3 Å². The Bertz CT molecular complexity index is 1350. The fourth-order valence-corrected chi connectivity index (χ4v) is 8.41. The van der Waals surface area contributed by atoms with Crippen molar-refractivity contribution in [2.45, 2.75) is 128 Å². The Labute approximate surface area is 308 Å². The Hall–Kier alpha value is -3.09. The molecule has 0 bridgehead atoms. The minimum Gasteiger partial charge on any atom is -0.390 e. The molecule has 0 unspecified atom stereocenters. The van der Waals surface area contributed by atoms with Crippen LogP contribution < -0.4 is 11.1 Å². The summed E-state index contributed by atoms with van der Waals surface area (Å²) < 4.78 is 0. The zero-order chi connectivity index (χ0) is 36.8. The largest absolute Gasteiger partial charge is 0.390 e. The molecule has 2 heterocycles. The average molecular weight is 727 g/mol. The van der Waals surface area contributed by atoms with E-state index in [0.717, 1.165) is 57.1 Å². The summed E-state index contributed by atoms with van der Waals surface area (Å²) >= 11 is 1.29. The molecule has 2 saturated carbocycles. The smallest absolute Gasteiger partial charge is 0.241 e. The highest BCUT2D eigenvalue weighted by Crippen LogP contribution is 2.34. The van der Waals surface area contributed by atoms with Gasteiger partial charge in [-0.25, -0.2) is 4.98 Å². The number of aliphatic hydroxyl groups excluding tert-OH is 2. The molecule has 0 spiro atoms. The van der Waals surface area contributed by atoms with Crippen LogP contribution in [0.4, 0.5) is 5.13 Å². The van der Waals surface area contributed by atoms with Crippen LogP contribution in [-0.2, 0) is 27.2 Å². The lowest BCUT2D eigenvalue weighted by Crippen LogP contribution is -2.55. The van der Waals surface area contributed by atoms with Crippen LogP contribution in [-0.4, -0.2) is 92.6 Å². The highest BCUT2D eigenvalue weighted by Gasteiger charge is 2.40. The minimum atomic E-state index is -1.11. The van der Waals surface area contributed by atoms with E-state index in [1.807, 2.05) is 42.3 Å². The number of aliphatic hydroxyl groups is 2. The van der Waals surface area contributed by atoms with Crippen molar-refractivity contribution in [3.63, 3.8) is 0 Å². The van der Waals surface area contributed by atoms with Gasteiger partial charge in [-0.3, -0.25) is 19.4 Å². The summed E-state index contributed by atoms with van der Waals surface area (Å²) in [5.41, 5.74) is 7.49. The quantitative estimate of drug-likeness (QED) is 0.157. The van der Waals surface area contributed by atoms with E-state index >= 15 is 0 Å². The first-order chi connectivity index (χ1) is 24.5. The molecule has 12 heteroatoms. The highest BCUT2D eigenvalue weighted by molar-refractivity contribution is 7.13. The Morgan fingerprint density at radius 3 is 2.29 bits per heavy atom. The summed E-state index contributed by atoms with van der Waals surface area (Å²) in [4.78, 5) is 53.6. The number of carbonyl (C=O) groups is 3. The van der Waals surface area contributed by atoms with E-state index in [1.54, 1.807) is 18.1 Å². The number of nitrogen functional groups attached to an aromatic ring is 1. The van der Waals surface area contributed by atoms with E-state index in [4.69, 9.17) is 5.73 Å². The molecule has 2 aliphatic carbocycles. The molecule has 2 fully saturated rings. The molecule has 11 nitrogen and oxygen atoms in total. The number of aromatic nitrogens is 2. The van der Waals surface area contributed by atoms with Gasteiger partial charge in [-0.05, 0) is 55.6 Å². The SMILES string of the molecule is CC(C)C[C@H](O)[C@H](O)[C@H](CC1CCCCC1)N(CC1CCCCC1)C(=O)[C@@H](CC(=O)NCC(=O)N(C)CCc1ccccn1)Cc1csc(N)n1. The van der Waals surface area contributed by atoms with E-state index in [9.17, 15) is 24.6 Å². The number of rotatable bonds is 19. The van der Waals surface area contributed by atoms with Gasteiger partial charge in [0.05, 0.1) is 30.3 Å². The van der Waals surface area contributed by atoms with Crippen LogP contribution in [0.25, 0.3) is 0 Å². The summed E-state index contributed by atoms with van der Waals surface area (Å²) in [6, 6.07) is 5.09. The molecular formula is C39H62N6O5S. The number of hydrogen-bond acceptors (Lipinski definition) is 9. The molecule has 0 saturated heterocycles. The molecular weight excluding hydrogens is 665 g/mol. The summed E-state index contributed by atoms with van der Waals surface area (Å²) in [5, 5.41) is 28.2. The zero-order valence-electron chi connectivity index (χ0n) is 31.0. The maximum Gasteiger partial charge on any atom is 0.241 e. The number of amides is 3. The Balaban J connectivity index is 1.55. The van der Waals surface area contributed by atoms with Gasteiger partial charge in [0.25, 0.3) is 0 Å². The Morgan fingerprint density at radius 1 is 1.00 bits per heavy atom. The molecule has 0 aromatic carbocycles. The fraction of sp³-hybridized carbons (Fsp3) is 0.718. The molecule has 5 N–H and O–H groups in total. The second-order valence-electron chi connectivity index (χ2n) is 15.4. The van der Waals surface area contributed by atoms with E-state index in [0.29, 0.717) is 49.1 Å². The second kappa shape index (κ2) is 20.8. The predicted molar refractivity (Wildman–Crippen MR) is 202 cm³/mol. The van der Waals surface area contributed by atoms with Crippen LogP contribution in [0.3, 0.4) is 0 Å². The van der Waals surface area contributed by atoms with Crippen LogP contribution in [0.15, 0.2) is 29.8 Å². The van der Waals surface area contributed by atoms with Crippen molar-refractivity contribution in [1.82, 2.24) is 25.1 Å². The van der Waals surface area contributed by atoms with Gasteiger partial charge < -0.3 is 31.1 Å². The van der Waals surface area contributed by atoms with Crippen molar-refractivity contribution in [3.8, 4) is 0 Å². The highest BCUT2D eigenvalue weighted by atomic mass is 32.1. The fourth-order valence-electron chi connectivity index (χ4n) is 7.84. The summed E-state index contributed by atoms with van der Waals surface area (Å²) in [5.74, 6) is -0.807. The maximum absolute atomic E-state index is 15.0. The van der Waals surface area contributed by atoms with Crippen LogP contribution in [0.1, 0.15) is 109 Å². The number of likely N-dealkylation sites (N-methyl/N-ethyl adjacent to an activating group) is 1. The standard InChI is InChI=1S/C39H62N6O5S/c1-27(2)20-34(46)37(49)33(21-28-12-6-4-7-13-28)45(25-29-14-8-5-9-15-29)38(50)30(22-32-26-51-39(40)43-32)23-35(47)42-24-36(48)44(3)19-17-31-16-10-11-18-41-31/h10-11,16,18,26-30,33-34,37,46,49H,4-9,12-15,17,19-25H2,1-3H3,(H2,40,43)(H,42,47)/t30-,33+,34+,37-/m1/s1. The van der Waals surface area contributed by atoms with E-state index in [1.165, 1.54) is 24.2 Å². The summed E-state index contributed by atoms with van der Waals surface area (Å²) in [6.07, 6.45) is 12.3. The minimum absolute atomic E-state index is 0.136. The first kappa shape index (κ1) is 40.7. The van der Waals surface area contributed by atoms with Gasteiger partial charge in [0.15, 0.2) is 5.13 Å². The molecule has 4 atom stereocenters. The topological polar surface area (TPSA) is 162 Å². The number of hydrogen-bond donors (Lipinski definition) is 4. The molecule has 2 aromatic heterocycles. The monoisotopic (exact) mass is 726 g/mol. The molecule has 2 aliphatic rings. The number of thiazole rings is 1. The third-order valence-corrected chi connectivity index (χ3v) is 11.5. The lowest BCUT2D eigenvalue weighted by Gasteiger charge is -2.42. The third-order valence-electron chi connectivity index (χ3n) is 10.8. The van der Waals surface area contributed by atoms with Crippen molar-refractivity contribution in [2.75, 3.05) is 32.4 Å². The van der Waals surface area contributed by atoms with Gasteiger partial charge in [0, 0.05) is 56.7 Å². The first-order valence-electron chi connectivity index (χ1n) is 19.3. The summed E-state index contributed by atoms with van der Waals surface area (Å²) in [7, 11) is 1.70. The van der Waals surface area contributed by atoms with Gasteiger partial charge in [-0.15, -0.1) is 11.3 Å². The van der Waals surface area contributed by atoms with Crippen molar-refractivity contribution >= 4 is 34.2 Å². The maximum atomic E-state index is 15.0. The molecule has 284 valence electrons. The Kier molecular flexibility index (Phi) is 16.6. The number of nitrogens with zero attached hydrogens (tertiary/aromatic N) is 4. The molecule has 0 radical (unpaired) electrons. The lowest BCUT2D eigenvalue weighted by molar-refractivity contribution is -0.147. The Morgan fingerprint density at radius 2 is 1.69 bits per heavy atom. The molecule has 3 amide bonds. The van der Waals surface area contributed by atoms with Gasteiger partial charge in [-0.2, -0.15) is 0 Å². The lowest BCUT2D eigenvalue weighted by atomic mass is 9.80. The number of pyridine rings is 1. The van der Waals surface area contributed by atoms with Crippen molar-refractivity contribution in [2.24, 2.45) is 23.7 Å². The number of anilines is 1. The number of carbonyl (C=O) groups excluding carboxylic acids is 3. The van der Waals surface area contributed by atoms with Crippen LogP contribution >= 0.6 is 11.3 Å². The van der Waals surface area contributed by atoms with Gasteiger partial charge in [-0.1, -0.05) is 71.3 Å². The van der Waals surface area contributed by atoms with Gasteiger partial charge >= 0.3 is 0 Å².